The van der Waals surface area contributed by atoms with Crippen molar-refractivity contribution in [2.45, 2.75) is 44.6 Å². The first kappa shape index (κ1) is 12.6. The second-order valence-corrected chi connectivity index (χ2v) is 4.14. The van der Waals surface area contributed by atoms with E-state index in [9.17, 15) is 9.59 Å². The molecule has 0 aromatic carbocycles. The Kier molecular flexibility index (Phi) is 4.84. The molecule has 0 bridgehead atoms. The summed E-state index contributed by atoms with van der Waals surface area (Å²) >= 11 is 0. The van der Waals surface area contributed by atoms with Crippen LogP contribution in [0.25, 0.3) is 0 Å². The van der Waals surface area contributed by atoms with Gasteiger partial charge in [0.1, 0.15) is 6.04 Å². The molecule has 0 aliphatic heterocycles. The minimum Gasteiger partial charge on any atom is -0.480 e. The van der Waals surface area contributed by atoms with Crippen molar-refractivity contribution < 1.29 is 14.7 Å². The average Bonchev–Trinajstić information content (AvgIpc) is 2.29. The summed E-state index contributed by atoms with van der Waals surface area (Å²) < 4.78 is 0. The Hall–Kier alpha value is -1.50. The van der Waals surface area contributed by atoms with Crippen molar-refractivity contribution >= 4 is 11.9 Å². The Balaban J connectivity index is 2.47. The lowest BCUT2D eigenvalue weighted by Gasteiger charge is -2.22. The zero-order valence-electron chi connectivity index (χ0n) is 9.24. The SMILES string of the molecule is C#CCC(NC(=O)C1CCCCC1)C(=O)O. The highest BCUT2D eigenvalue weighted by Gasteiger charge is 2.25. The van der Waals surface area contributed by atoms with Gasteiger partial charge in [0, 0.05) is 12.3 Å². The van der Waals surface area contributed by atoms with Crippen molar-refractivity contribution in [3.05, 3.63) is 0 Å². The number of carbonyl (C=O) groups excluding carboxylic acids is 1. The van der Waals surface area contributed by atoms with Crippen LogP contribution in [0.4, 0.5) is 0 Å². The van der Waals surface area contributed by atoms with Gasteiger partial charge in [-0.3, -0.25) is 4.79 Å². The maximum absolute atomic E-state index is 11.7. The summed E-state index contributed by atoms with van der Waals surface area (Å²) in [6, 6.07) is -0.945. The Morgan fingerprint density at radius 1 is 1.38 bits per heavy atom. The van der Waals surface area contributed by atoms with E-state index in [1.165, 1.54) is 0 Å². The fraction of sp³-hybridized carbons (Fsp3) is 0.667. The van der Waals surface area contributed by atoms with Crippen molar-refractivity contribution in [3.8, 4) is 12.3 Å². The molecule has 1 aliphatic carbocycles. The molecule has 0 radical (unpaired) electrons. The fourth-order valence-corrected chi connectivity index (χ4v) is 1.97. The summed E-state index contributed by atoms with van der Waals surface area (Å²) in [4.78, 5) is 22.5. The number of carbonyl (C=O) groups is 2. The third kappa shape index (κ3) is 3.58. The maximum Gasteiger partial charge on any atom is 0.327 e. The molecule has 16 heavy (non-hydrogen) atoms. The Morgan fingerprint density at radius 2 is 2.00 bits per heavy atom. The predicted octanol–water partition coefficient (Wildman–Crippen LogP) is 1.16. The molecule has 0 saturated heterocycles. The van der Waals surface area contributed by atoms with Gasteiger partial charge in [-0.05, 0) is 12.8 Å². The molecule has 2 N–H and O–H groups in total. The van der Waals surface area contributed by atoms with Crippen LogP contribution in [-0.4, -0.2) is 23.0 Å². The van der Waals surface area contributed by atoms with E-state index in [4.69, 9.17) is 11.5 Å². The molecule has 1 fully saturated rings. The molecule has 0 aromatic heterocycles. The molecule has 1 saturated carbocycles. The standard InChI is InChI=1S/C12H17NO3/c1-2-6-10(12(15)16)13-11(14)9-7-4-3-5-8-9/h1,9-10H,3-8H2,(H,13,14)(H,15,16). The molecular formula is C12H17NO3. The van der Waals surface area contributed by atoms with Crippen molar-refractivity contribution in [1.82, 2.24) is 5.32 Å². The summed E-state index contributed by atoms with van der Waals surface area (Å²) in [5.41, 5.74) is 0. The summed E-state index contributed by atoms with van der Waals surface area (Å²) in [6.07, 6.45) is 10.1. The van der Waals surface area contributed by atoms with E-state index in [1.807, 2.05) is 0 Å². The van der Waals surface area contributed by atoms with Gasteiger partial charge in [0.15, 0.2) is 0 Å². The van der Waals surface area contributed by atoms with Gasteiger partial charge >= 0.3 is 5.97 Å². The van der Waals surface area contributed by atoms with Crippen LogP contribution in [0, 0.1) is 18.3 Å². The van der Waals surface area contributed by atoms with E-state index in [1.54, 1.807) is 0 Å². The molecule has 1 aliphatic rings. The number of terminal acetylenes is 1. The first-order chi connectivity index (χ1) is 7.65. The first-order valence-electron chi connectivity index (χ1n) is 5.61. The maximum atomic E-state index is 11.7. The molecular weight excluding hydrogens is 206 g/mol. The number of rotatable bonds is 4. The van der Waals surface area contributed by atoms with Gasteiger partial charge < -0.3 is 10.4 Å². The zero-order chi connectivity index (χ0) is 12.0. The molecule has 0 spiro atoms. The second kappa shape index (κ2) is 6.16. The van der Waals surface area contributed by atoms with E-state index >= 15 is 0 Å². The molecule has 4 heteroatoms. The van der Waals surface area contributed by atoms with Gasteiger partial charge in [-0.2, -0.15) is 0 Å². The Bertz CT molecular complexity index is 300. The zero-order valence-corrected chi connectivity index (χ0v) is 9.24. The number of carboxylic acid groups (broad SMARTS) is 1. The van der Waals surface area contributed by atoms with Crippen LogP contribution in [0.2, 0.25) is 0 Å². The first-order valence-corrected chi connectivity index (χ1v) is 5.61. The number of amides is 1. The van der Waals surface area contributed by atoms with Gasteiger partial charge in [-0.25, -0.2) is 4.79 Å². The van der Waals surface area contributed by atoms with Crippen LogP contribution in [-0.2, 0) is 9.59 Å². The normalized spacial score (nSPS) is 18.4. The van der Waals surface area contributed by atoms with Crippen LogP contribution in [0.15, 0.2) is 0 Å². The van der Waals surface area contributed by atoms with Crippen LogP contribution in [0.3, 0.4) is 0 Å². The summed E-state index contributed by atoms with van der Waals surface area (Å²) in [5.74, 6) is 0.996. The highest BCUT2D eigenvalue weighted by Crippen LogP contribution is 2.23. The molecule has 4 nitrogen and oxygen atoms in total. The number of aliphatic carboxylic acids is 1. The number of carboxylic acids is 1. The lowest BCUT2D eigenvalue weighted by Crippen LogP contribution is -2.43. The molecule has 0 aromatic rings. The van der Waals surface area contributed by atoms with Gasteiger partial charge in [0.2, 0.25) is 5.91 Å². The van der Waals surface area contributed by atoms with Crippen LogP contribution < -0.4 is 5.32 Å². The van der Waals surface area contributed by atoms with Gasteiger partial charge in [-0.1, -0.05) is 19.3 Å². The van der Waals surface area contributed by atoms with Crippen molar-refractivity contribution in [3.63, 3.8) is 0 Å². The second-order valence-electron chi connectivity index (χ2n) is 4.14. The van der Waals surface area contributed by atoms with Crippen molar-refractivity contribution in [2.24, 2.45) is 5.92 Å². The van der Waals surface area contributed by atoms with E-state index < -0.39 is 12.0 Å². The largest absolute Gasteiger partial charge is 0.480 e. The van der Waals surface area contributed by atoms with Crippen LogP contribution in [0.5, 0.6) is 0 Å². The van der Waals surface area contributed by atoms with Crippen LogP contribution >= 0.6 is 0 Å². The van der Waals surface area contributed by atoms with Gasteiger partial charge in [-0.15, -0.1) is 12.3 Å². The monoisotopic (exact) mass is 223 g/mol. The minimum atomic E-state index is -1.07. The number of nitrogens with one attached hydrogen (secondary N) is 1. The highest BCUT2D eigenvalue weighted by molar-refractivity contribution is 5.85. The third-order valence-corrected chi connectivity index (χ3v) is 2.91. The summed E-state index contributed by atoms with van der Waals surface area (Å²) in [6.45, 7) is 0. The minimum absolute atomic E-state index is 0.0339. The average molecular weight is 223 g/mol. The predicted molar refractivity (Wildman–Crippen MR) is 59.6 cm³/mol. The molecule has 1 unspecified atom stereocenters. The molecule has 1 rings (SSSR count). The number of hydrogen-bond donors (Lipinski definition) is 2. The fourth-order valence-electron chi connectivity index (χ4n) is 1.97. The summed E-state index contributed by atoms with van der Waals surface area (Å²) in [5, 5.41) is 11.3. The Morgan fingerprint density at radius 3 is 2.50 bits per heavy atom. The highest BCUT2D eigenvalue weighted by atomic mass is 16.4. The topological polar surface area (TPSA) is 66.4 Å². The van der Waals surface area contributed by atoms with Crippen LogP contribution in [0.1, 0.15) is 38.5 Å². The smallest absolute Gasteiger partial charge is 0.327 e. The van der Waals surface area contributed by atoms with E-state index in [2.05, 4.69) is 11.2 Å². The lowest BCUT2D eigenvalue weighted by molar-refractivity contribution is -0.142. The van der Waals surface area contributed by atoms with E-state index in [-0.39, 0.29) is 18.2 Å². The van der Waals surface area contributed by atoms with Gasteiger partial charge in [0.25, 0.3) is 0 Å². The third-order valence-electron chi connectivity index (χ3n) is 2.91. The van der Waals surface area contributed by atoms with Crippen molar-refractivity contribution in [2.75, 3.05) is 0 Å². The van der Waals surface area contributed by atoms with Gasteiger partial charge in [0.05, 0.1) is 0 Å². The number of hydrogen-bond acceptors (Lipinski definition) is 2. The lowest BCUT2D eigenvalue weighted by atomic mass is 9.88. The molecule has 88 valence electrons. The van der Waals surface area contributed by atoms with E-state index in [0.717, 1.165) is 32.1 Å². The molecule has 0 heterocycles. The molecule has 1 amide bonds. The molecule has 1 atom stereocenters. The quantitative estimate of drug-likeness (QED) is 0.703. The Labute approximate surface area is 95.4 Å². The van der Waals surface area contributed by atoms with E-state index in [0.29, 0.717) is 0 Å². The van der Waals surface area contributed by atoms with Crippen molar-refractivity contribution in [1.29, 1.82) is 0 Å². The summed E-state index contributed by atoms with van der Waals surface area (Å²) in [7, 11) is 0.